The average Bonchev–Trinajstić information content (AvgIpc) is 2.90. The molecule has 0 radical (unpaired) electrons. The van der Waals surface area contributed by atoms with Gasteiger partial charge in [0.2, 0.25) is 0 Å². The first-order chi connectivity index (χ1) is 10.0. The van der Waals surface area contributed by atoms with Gasteiger partial charge in [-0.3, -0.25) is 4.79 Å². The first-order valence-corrected chi connectivity index (χ1v) is 7.16. The van der Waals surface area contributed by atoms with E-state index in [0.29, 0.717) is 12.1 Å². The van der Waals surface area contributed by atoms with Crippen molar-refractivity contribution >= 4 is 5.91 Å². The molecule has 1 aromatic carbocycles. The number of carbonyl (C=O) groups is 1. The van der Waals surface area contributed by atoms with E-state index in [1.165, 1.54) is 12.1 Å². The van der Waals surface area contributed by atoms with Crippen LogP contribution in [0.15, 0.2) is 30.5 Å². The molecule has 1 aromatic heterocycles. The molecule has 0 atom stereocenters. The monoisotopic (exact) mass is 289 g/mol. The van der Waals surface area contributed by atoms with Gasteiger partial charge in [-0.05, 0) is 36.6 Å². The van der Waals surface area contributed by atoms with Crippen molar-refractivity contribution < 1.29 is 9.18 Å². The maximum absolute atomic E-state index is 13.0. The van der Waals surface area contributed by atoms with E-state index in [1.54, 1.807) is 23.0 Å². The molecule has 0 unspecified atom stereocenters. The topological polar surface area (TPSA) is 46.9 Å². The zero-order chi connectivity index (χ0) is 15.4. The molecular weight excluding hydrogens is 269 g/mol. The Hall–Kier alpha value is -2.17. The fraction of sp³-hybridized carbons (Fsp3) is 0.375. The standard InChI is InChI=1S/C16H20FN3O/c1-4-9-18-16(21)14-10-19-20(15(14)11(2)3)13-7-5-12(17)6-8-13/h5-8,10-11H,4,9H2,1-3H3,(H,18,21). The summed E-state index contributed by atoms with van der Waals surface area (Å²) in [6.45, 7) is 6.66. The molecule has 0 spiro atoms. The van der Waals surface area contributed by atoms with Crippen LogP contribution in [0.1, 0.15) is 49.2 Å². The summed E-state index contributed by atoms with van der Waals surface area (Å²) in [5.41, 5.74) is 2.15. The summed E-state index contributed by atoms with van der Waals surface area (Å²) in [4.78, 5) is 12.2. The third-order valence-electron chi connectivity index (χ3n) is 3.20. The van der Waals surface area contributed by atoms with Gasteiger partial charge < -0.3 is 5.32 Å². The molecule has 4 nitrogen and oxygen atoms in total. The zero-order valence-corrected chi connectivity index (χ0v) is 12.6. The molecule has 0 saturated heterocycles. The van der Waals surface area contributed by atoms with Gasteiger partial charge in [0.15, 0.2) is 0 Å². The predicted molar refractivity (Wildman–Crippen MR) is 80.2 cm³/mol. The number of carbonyl (C=O) groups excluding carboxylic acids is 1. The van der Waals surface area contributed by atoms with Gasteiger partial charge in [0.1, 0.15) is 5.82 Å². The first-order valence-electron chi connectivity index (χ1n) is 7.16. The van der Waals surface area contributed by atoms with Crippen LogP contribution in [0.2, 0.25) is 0 Å². The van der Waals surface area contributed by atoms with Crippen molar-refractivity contribution in [2.45, 2.75) is 33.1 Å². The number of nitrogens with one attached hydrogen (secondary N) is 1. The Bertz CT molecular complexity index is 617. The molecule has 1 heterocycles. The molecule has 5 heteroatoms. The van der Waals surface area contributed by atoms with Crippen LogP contribution in [0.25, 0.3) is 5.69 Å². The number of amides is 1. The van der Waals surface area contributed by atoms with Gasteiger partial charge in [0, 0.05) is 6.54 Å². The lowest BCUT2D eigenvalue weighted by atomic mass is 10.0. The van der Waals surface area contributed by atoms with Gasteiger partial charge in [-0.25, -0.2) is 9.07 Å². The van der Waals surface area contributed by atoms with Crippen molar-refractivity contribution in [3.8, 4) is 5.69 Å². The van der Waals surface area contributed by atoms with E-state index >= 15 is 0 Å². The second kappa shape index (κ2) is 6.52. The number of halogens is 1. The molecule has 0 fully saturated rings. The van der Waals surface area contributed by atoms with E-state index in [2.05, 4.69) is 10.4 Å². The van der Waals surface area contributed by atoms with E-state index in [4.69, 9.17) is 0 Å². The lowest BCUT2D eigenvalue weighted by molar-refractivity contribution is 0.0952. The molecular formula is C16H20FN3O. The highest BCUT2D eigenvalue weighted by molar-refractivity contribution is 5.95. The maximum Gasteiger partial charge on any atom is 0.254 e. The molecule has 1 amide bonds. The van der Waals surface area contributed by atoms with E-state index in [0.717, 1.165) is 17.8 Å². The zero-order valence-electron chi connectivity index (χ0n) is 12.6. The van der Waals surface area contributed by atoms with Gasteiger partial charge in [0.05, 0.1) is 23.1 Å². The summed E-state index contributed by atoms with van der Waals surface area (Å²) in [7, 11) is 0. The predicted octanol–water partition coefficient (Wildman–Crippen LogP) is 3.27. The van der Waals surface area contributed by atoms with Crippen LogP contribution in [-0.2, 0) is 0 Å². The summed E-state index contributed by atoms with van der Waals surface area (Å²) in [6.07, 6.45) is 2.46. The second-order valence-corrected chi connectivity index (χ2v) is 5.24. The molecule has 2 aromatic rings. The first kappa shape index (κ1) is 15.2. The van der Waals surface area contributed by atoms with Gasteiger partial charge in [-0.15, -0.1) is 0 Å². The lowest BCUT2D eigenvalue weighted by Crippen LogP contribution is -2.25. The molecule has 2 rings (SSSR count). The number of nitrogens with zero attached hydrogens (tertiary/aromatic N) is 2. The average molecular weight is 289 g/mol. The number of benzene rings is 1. The molecule has 1 N–H and O–H groups in total. The van der Waals surface area contributed by atoms with Crippen molar-refractivity contribution in [3.63, 3.8) is 0 Å². The van der Waals surface area contributed by atoms with Crippen LogP contribution in [0, 0.1) is 5.82 Å². The van der Waals surface area contributed by atoms with Crippen LogP contribution in [-0.4, -0.2) is 22.2 Å². The number of hydrogen-bond donors (Lipinski definition) is 1. The van der Waals surface area contributed by atoms with E-state index < -0.39 is 0 Å². The molecule has 0 aliphatic carbocycles. The SMILES string of the molecule is CCCNC(=O)c1cnn(-c2ccc(F)cc2)c1C(C)C. The van der Waals surface area contributed by atoms with Crippen LogP contribution < -0.4 is 5.32 Å². The molecule has 0 saturated carbocycles. The highest BCUT2D eigenvalue weighted by Crippen LogP contribution is 2.23. The normalized spacial score (nSPS) is 10.9. The van der Waals surface area contributed by atoms with Crippen molar-refractivity contribution in [1.82, 2.24) is 15.1 Å². The Morgan fingerprint density at radius 3 is 2.57 bits per heavy atom. The maximum atomic E-state index is 13.0. The fourth-order valence-electron chi connectivity index (χ4n) is 2.21. The molecule has 0 aliphatic rings. The lowest BCUT2D eigenvalue weighted by Gasteiger charge is -2.12. The quantitative estimate of drug-likeness (QED) is 0.918. The second-order valence-electron chi connectivity index (χ2n) is 5.24. The molecule has 112 valence electrons. The van der Waals surface area contributed by atoms with Gasteiger partial charge >= 0.3 is 0 Å². The van der Waals surface area contributed by atoms with Crippen molar-refractivity contribution in [3.05, 3.63) is 47.5 Å². The number of hydrogen-bond acceptors (Lipinski definition) is 2. The van der Waals surface area contributed by atoms with Crippen LogP contribution in [0.3, 0.4) is 0 Å². The summed E-state index contributed by atoms with van der Waals surface area (Å²) in [5.74, 6) is -0.285. The summed E-state index contributed by atoms with van der Waals surface area (Å²) in [5, 5.41) is 7.17. The highest BCUT2D eigenvalue weighted by atomic mass is 19.1. The van der Waals surface area contributed by atoms with Gasteiger partial charge in [-0.1, -0.05) is 20.8 Å². The fourth-order valence-corrected chi connectivity index (χ4v) is 2.21. The minimum atomic E-state index is -0.294. The van der Waals surface area contributed by atoms with E-state index in [9.17, 15) is 9.18 Å². The highest BCUT2D eigenvalue weighted by Gasteiger charge is 2.20. The molecule has 0 bridgehead atoms. The smallest absolute Gasteiger partial charge is 0.254 e. The van der Waals surface area contributed by atoms with E-state index in [1.807, 2.05) is 20.8 Å². The summed E-state index contributed by atoms with van der Waals surface area (Å²) >= 11 is 0. The van der Waals surface area contributed by atoms with Crippen LogP contribution in [0.5, 0.6) is 0 Å². The third kappa shape index (κ3) is 3.29. The Morgan fingerprint density at radius 2 is 2.00 bits per heavy atom. The number of aromatic nitrogens is 2. The van der Waals surface area contributed by atoms with Crippen LogP contribution >= 0.6 is 0 Å². The summed E-state index contributed by atoms with van der Waals surface area (Å²) < 4.78 is 14.7. The molecule has 0 aliphatic heterocycles. The van der Waals surface area contributed by atoms with Crippen molar-refractivity contribution in [2.75, 3.05) is 6.54 Å². The van der Waals surface area contributed by atoms with Crippen molar-refractivity contribution in [1.29, 1.82) is 0 Å². The molecule has 21 heavy (non-hydrogen) atoms. The minimum Gasteiger partial charge on any atom is -0.352 e. The largest absolute Gasteiger partial charge is 0.352 e. The Balaban J connectivity index is 2.41. The Morgan fingerprint density at radius 1 is 1.33 bits per heavy atom. The number of rotatable bonds is 5. The minimum absolute atomic E-state index is 0.117. The summed E-state index contributed by atoms with van der Waals surface area (Å²) in [6, 6.07) is 6.08. The van der Waals surface area contributed by atoms with E-state index in [-0.39, 0.29) is 17.6 Å². The van der Waals surface area contributed by atoms with Crippen molar-refractivity contribution in [2.24, 2.45) is 0 Å². The van der Waals surface area contributed by atoms with Crippen LogP contribution in [0.4, 0.5) is 4.39 Å². The Kier molecular flexibility index (Phi) is 4.73. The third-order valence-corrected chi connectivity index (χ3v) is 3.20. The van der Waals surface area contributed by atoms with Gasteiger partial charge in [0.25, 0.3) is 5.91 Å². The van der Waals surface area contributed by atoms with Gasteiger partial charge in [-0.2, -0.15) is 5.10 Å². The Labute approximate surface area is 124 Å².